The summed E-state index contributed by atoms with van der Waals surface area (Å²) in [4.78, 5) is 24.4. The molecule has 0 saturated carbocycles. The van der Waals surface area contributed by atoms with Crippen molar-refractivity contribution < 1.29 is 16.0 Å². The van der Waals surface area contributed by atoms with Crippen LogP contribution in [0.1, 0.15) is 10.4 Å². The molecule has 0 radical (unpaired) electrons. The van der Waals surface area contributed by atoms with Gasteiger partial charge < -0.3 is 0 Å². The number of ketones is 1. The van der Waals surface area contributed by atoms with Crippen molar-refractivity contribution in [3.63, 3.8) is 0 Å². The number of rotatable bonds is 1. The van der Waals surface area contributed by atoms with Crippen LogP contribution in [0.2, 0.25) is 47.7 Å². The van der Waals surface area contributed by atoms with E-state index in [-0.39, 0.29) is 6.10 Å². The van der Waals surface area contributed by atoms with Crippen molar-refractivity contribution in [2.75, 3.05) is 0 Å². The first-order chi connectivity index (χ1) is 10.0. The van der Waals surface area contributed by atoms with E-state index in [0.717, 1.165) is 20.9 Å². The van der Waals surface area contributed by atoms with Crippen molar-refractivity contribution >= 4 is 5.78 Å². The van der Waals surface area contributed by atoms with E-state index in [1.165, 1.54) is 33.7 Å². The van der Waals surface area contributed by atoms with Gasteiger partial charge in [0.25, 0.3) is 0 Å². The van der Waals surface area contributed by atoms with Crippen LogP contribution in [0.3, 0.4) is 0 Å². The molecule has 1 spiro atoms. The van der Waals surface area contributed by atoms with Gasteiger partial charge in [-0.05, 0) is 0 Å². The molecule has 11 aliphatic heterocycles. The fourth-order valence-electron chi connectivity index (χ4n) is 18.5. The topological polar surface area (TPSA) is 26.3 Å². The fourth-order valence-corrected chi connectivity index (χ4v) is 93.1. The quantitative estimate of drug-likeness (QED) is 0.718. The number of hydrogen-bond acceptors (Lipinski definition) is 2. The van der Waals surface area contributed by atoms with Crippen LogP contribution in [0.5, 0.6) is 5.75 Å². The Bertz CT molecular complexity index is 1250. The average molecular weight is 318 g/mol. The molecule has 1 aromatic carbocycles. The van der Waals surface area contributed by atoms with Crippen molar-refractivity contribution in [3.05, 3.63) is 29.8 Å². The molecule has 11 heterocycles. The summed E-state index contributed by atoms with van der Waals surface area (Å²) in [6.07, 6.45) is 0.00361. The second-order valence-corrected chi connectivity index (χ2v) is 35.7. The number of hydrogen-bond donors (Lipinski definition) is 0. The molecule has 1 aromatic rings. The van der Waals surface area contributed by atoms with Gasteiger partial charge in [-0.25, -0.2) is 0 Å². The molecule has 0 aromatic heterocycles. The maximum atomic E-state index is 13.1. The SMILES string of the molecule is O=C1c2ccccc2OC1[C]12[CH]3[CH]4[CH]5[CH]1[Fe]45321678[CH]2[CH]1[CH]6[CH]7[CH]28. The summed E-state index contributed by atoms with van der Waals surface area (Å²) in [5, 5.41) is 0. The van der Waals surface area contributed by atoms with Crippen molar-refractivity contribution in [1.82, 2.24) is 0 Å². The molecular weight excluding hydrogens is 304 g/mol. The van der Waals surface area contributed by atoms with E-state index < -0.39 is 6.51 Å². The van der Waals surface area contributed by atoms with Gasteiger partial charge >= 0.3 is 111 Å². The summed E-state index contributed by atoms with van der Waals surface area (Å²) >= 11 is 0. The molecule has 0 amide bonds. The van der Waals surface area contributed by atoms with Crippen LogP contribution in [0, 0.1) is 0 Å². The van der Waals surface area contributed by atoms with Gasteiger partial charge in [0.2, 0.25) is 0 Å². The third-order valence-electron chi connectivity index (χ3n) is 16.8. The van der Waals surface area contributed by atoms with Gasteiger partial charge in [-0.1, -0.05) is 0 Å². The van der Waals surface area contributed by atoms with Crippen molar-refractivity contribution in [2.45, 2.75) is 53.8 Å². The molecule has 2 nitrogen and oxygen atoms in total. The standard InChI is InChI=1S/C13H9O2.C5H5.Fe/c14-12-10-7-3-4-8-11(10)15-13(12)9-5-1-2-6-9;1-2-4-5-3-1;/h1-8,13H;1-5H;. The van der Waals surface area contributed by atoms with Crippen LogP contribution < -0.4 is 4.74 Å². The monoisotopic (exact) mass is 318 g/mol. The summed E-state index contributed by atoms with van der Waals surface area (Å²) < 4.78 is 6.98. The van der Waals surface area contributed by atoms with Gasteiger partial charge in [0.05, 0.1) is 0 Å². The molecule has 10 fully saturated rings. The molecule has 0 bridgehead atoms. The van der Waals surface area contributed by atoms with E-state index in [9.17, 15) is 4.79 Å². The van der Waals surface area contributed by atoms with E-state index >= 15 is 0 Å². The first-order valence-corrected chi connectivity index (χ1v) is 14.8. The number of para-hydroxylation sites is 1. The number of fused-ring (bicyclic) bond motifs is 11. The molecule has 5 atom stereocenters. The molecule has 3 heteroatoms. The van der Waals surface area contributed by atoms with Crippen molar-refractivity contribution in [1.29, 1.82) is 0 Å². The minimum atomic E-state index is -3.20. The molecule has 0 N–H and O–H groups in total. The van der Waals surface area contributed by atoms with Crippen LogP contribution >= 0.6 is 0 Å². The molecular formula is C18H14FeO2. The molecule has 106 valence electrons. The third-order valence-corrected chi connectivity index (χ3v) is 59.4. The number of carbonyl (C=O) groups excluding carboxylic acids is 1. The first-order valence-electron chi connectivity index (χ1n) is 8.56. The Morgan fingerprint density at radius 3 is 2.00 bits per heavy atom. The Morgan fingerprint density at radius 2 is 1.52 bits per heavy atom. The summed E-state index contributed by atoms with van der Waals surface area (Å²) in [6.45, 7) is -3.20. The van der Waals surface area contributed by atoms with Crippen LogP contribution in [0.15, 0.2) is 24.3 Å². The van der Waals surface area contributed by atoms with Crippen LogP contribution in [-0.4, -0.2) is 11.9 Å². The van der Waals surface area contributed by atoms with Gasteiger partial charge in [0.15, 0.2) is 0 Å². The van der Waals surface area contributed by atoms with E-state index in [1.807, 2.05) is 24.3 Å². The minimum absolute atomic E-state index is 0.00361. The fraction of sp³-hybridized carbons (Fsp3) is 0.611. The summed E-state index contributed by atoms with van der Waals surface area (Å²) in [6, 6.07) is 8.05. The second-order valence-electron chi connectivity index (χ2n) is 12.1. The molecule has 5 unspecified atom stereocenters. The van der Waals surface area contributed by atoms with E-state index in [2.05, 4.69) is 0 Å². The third kappa shape index (κ3) is 0.0978. The number of carbonyl (C=O) groups is 1. The molecule has 21 heavy (non-hydrogen) atoms. The van der Waals surface area contributed by atoms with Gasteiger partial charge in [0, 0.05) is 0 Å². The van der Waals surface area contributed by atoms with Crippen LogP contribution in [0.4, 0.5) is 0 Å². The average Bonchev–Trinajstić information content (AvgIpc) is 3.42. The molecule has 0 aliphatic carbocycles. The van der Waals surface area contributed by atoms with E-state index in [4.69, 9.17) is 4.74 Å². The van der Waals surface area contributed by atoms with Crippen LogP contribution in [0.25, 0.3) is 0 Å². The number of Topliss-reactive ketones (excluding diaryl/α,β-unsaturated/α-hetero) is 1. The van der Waals surface area contributed by atoms with Gasteiger partial charge in [-0.3, -0.25) is 0 Å². The van der Waals surface area contributed by atoms with E-state index in [1.54, 1.807) is 0 Å². The zero-order chi connectivity index (χ0) is 12.9. The summed E-state index contributed by atoms with van der Waals surface area (Å²) in [7, 11) is 0. The predicted octanol–water partition coefficient (Wildman–Crippen LogP) is 4.39. The van der Waals surface area contributed by atoms with Crippen LogP contribution in [-0.2, 0) is 6.51 Å². The predicted molar refractivity (Wildman–Crippen MR) is 71.6 cm³/mol. The Labute approximate surface area is 111 Å². The Kier molecular flexibility index (Phi) is 0.262. The number of ether oxygens (including phenoxy) is 1. The Balaban J connectivity index is 1.32. The van der Waals surface area contributed by atoms with Crippen molar-refractivity contribution in [3.8, 4) is 5.75 Å². The Morgan fingerprint density at radius 1 is 0.905 bits per heavy atom. The van der Waals surface area contributed by atoms with Gasteiger partial charge in [0.1, 0.15) is 0 Å². The number of benzene rings is 1. The van der Waals surface area contributed by atoms with Crippen molar-refractivity contribution in [2.24, 2.45) is 0 Å². The Hall–Kier alpha value is -0.791. The molecule has 10 saturated heterocycles. The van der Waals surface area contributed by atoms with Gasteiger partial charge in [-0.2, -0.15) is 0 Å². The maximum absolute atomic E-state index is 13.1. The molecule has 11 aliphatic rings. The normalized spacial score (nSPS) is 104. The molecule has 12 rings (SSSR count). The van der Waals surface area contributed by atoms with Gasteiger partial charge in [-0.15, -0.1) is 0 Å². The summed E-state index contributed by atoms with van der Waals surface area (Å²) in [5.41, 5.74) is 0.901. The first kappa shape index (κ1) is 7.66. The zero-order valence-electron chi connectivity index (χ0n) is 11.3. The zero-order valence-corrected chi connectivity index (χ0v) is 12.4. The second kappa shape index (κ2) is 0.718. The van der Waals surface area contributed by atoms with E-state index in [0.29, 0.717) is 10.1 Å². The summed E-state index contributed by atoms with van der Waals surface area (Å²) in [5.74, 6) is 1.29.